The number of nitrogens with zero attached hydrogens (tertiary/aromatic N) is 2. The van der Waals surface area contributed by atoms with E-state index in [1.807, 2.05) is 37.3 Å². The number of hydrogen-bond donors (Lipinski definition) is 1. The molecule has 1 unspecified atom stereocenters. The predicted molar refractivity (Wildman–Crippen MR) is 123 cm³/mol. The maximum absolute atomic E-state index is 12.8. The Hall–Kier alpha value is -1.59. The Morgan fingerprint density at radius 3 is 2.64 bits per heavy atom. The first-order chi connectivity index (χ1) is 13.6. The van der Waals surface area contributed by atoms with E-state index >= 15 is 0 Å². The Bertz CT molecular complexity index is 877. The number of halogens is 1. The number of nitriles is 1. The number of rotatable bonds is 5. The zero-order chi connectivity index (χ0) is 19.9. The lowest BCUT2D eigenvalue weighted by molar-refractivity contribution is -0.115. The van der Waals surface area contributed by atoms with E-state index in [1.54, 1.807) is 0 Å². The third kappa shape index (κ3) is 5.48. The lowest BCUT2D eigenvalue weighted by atomic mass is 9.96. The second-order valence-corrected chi connectivity index (χ2v) is 9.42. The molecule has 3 rings (SSSR count). The summed E-state index contributed by atoms with van der Waals surface area (Å²) in [5.41, 5.74) is 3.69. The second kappa shape index (κ2) is 10.3. The van der Waals surface area contributed by atoms with Crippen LogP contribution in [-0.2, 0) is 17.6 Å². The van der Waals surface area contributed by atoms with Gasteiger partial charge in [-0.1, -0.05) is 31.5 Å². The number of carbonyl (C=O) groups is 1. The van der Waals surface area contributed by atoms with E-state index in [-0.39, 0.29) is 11.2 Å². The van der Waals surface area contributed by atoms with Crippen molar-refractivity contribution in [1.29, 1.82) is 5.26 Å². The van der Waals surface area contributed by atoms with Gasteiger partial charge >= 0.3 is 0 Å². The first-order valence-corrected chi connectivity index (χ1v) is 11.7. The fraction of sp³-hybridized carbons (Fsp3) is 0.409. The van der Waals surface area contributed by atoms with E-state index in [4.69, 9.17) is 4.98 Å². The number of pyridine rings is 1. The molecule has 0 fully saturated rings. The quantitative estimate of drug-likeness (QED) is 0.417. The van der Waals surface area contributed by atoms with Crippen LogP contribution in [-0.4, -0.2) is 16.1 Å². The zero-order valence-electron chi connectivity index (χ0n) is 16.0. The standard InChI is InChI=1S/C22H24IN3OS/c1-2-20(21(27)25-18-11-9-17(23)10-12-18)28-22-16(14-24)13-15-7-5-3-4-6-8-19(15)26-22/h9-13,20H,2-8H2,1H3,(H,25,27). The van der Waals surface area contributed by atoms with Crippen molar-refractivity contribution < 1.29 is 4.79 Å². The van der Waals surface area contributed by atoms with E-state index in [0.29, 0.717) is 17.0 Å². The molecule has 1 aromatic heterocycles. The van der Waals surface area contributed by atoms with Crippen LogP contribution < -0.4 is 5.32 Å². The van der Waals surface area contributed by atoms with Gasteiger partial charge in [-0.3, -0.25) is 4.79 Å². The second-order valence-electron chi connectivity index (χ2n) is 6.98. The van der Waals surface area contributed by atoms with Gasteiger partial charge in [0, 0.05) is 15.0 Å². The van der Waals surface area contributed by atoms with Gasteiger partial charge in [-0.2, -0.15) is 5.26 Å². The van der Waals surface area contributed by atoms with Crippen LogP contribution in [0.3, 0.4) is 0 Å². The molecule has 0 saturated heterocycles. The first kappa shape index (κ1) is 21.1. The van der Waals surface area contributed by atoms with E-state index in [9.17, 15) is 10.1 Å². The van der Waals surface area contributed by atoms with Crippen molar-refractivity contribution >= 4 is 45.9 Å². The van der Waals surface area contributed by atoms with Crippen LogP contribution in [0.25, 0.3) is 0 Å². The monoisotopic (exact) mass is 505 g/mol. The van der Waals surface area contributed by atoms with Gasteiger partial charge in [-0.15, -0.1) is 0 Å². The summed E-state index contributed by atoms with van der Waals surface area (Å²) in [6.07, 6.45) is 7.40. The molecule has 1 atom stereocenters. The van der Waals surface area contributed by atoms with Crippen LogP contribution in [0.2, 0.25) is 0 Å². The molecule has 1 heterocycles. The van der Waals surface area contributed by atoms with Gasteiger partial charge in [-0.25, -0.2) is 4.98 Å². The molecule has 1 amide bonds. The molecule has 6 heteroatoms. The minimum Gasteiger partial charge on any atom is -0.325 e. The Balaban J connectivity index is 1.79. The van der Waals surface area contributed by atoms with E-state index in [1.165, 1.54) is 30.2 Å². The average molecular weight is 505 g/mol. The van der Waals surface area contributed by atoms with Crippen molar-refractivity contribution in [3.63, 3.8) is 0 Å². The number of benzene rings is 1. The third-order valence-electron chi connectivity index (χ3n) is 4.92. The minimum absolute atomic E-state index is 0.0499. The molecule has 1 aliphatic rings. The fourth-order valence-corrected chi connectivity index (χ4v) is 4.71. The molecule has 0 radical (unpaired) electrons. The Labute approximate surface area is 184 Å². The van der Waals surface area contributed by atoms with Crippen LogP contribution in [0.1, 0.15) is 55.8 Å². The van der Waals surface area contributed by atoms with Gasteiger partial charge in [0.15, 0.2) is 0 Å². The molecule has 1 aromatic carbocycles. The highest BCUT2D eigenvalue weighted by Gasteiger charge is 2.22. The van der Waals surface area contributed by atoms with Crippen LogP contribution in [0.15, 0.2) is 35.4 Å². The van der Waals surface area contributed by atoms with E-state index < -0.39 is 0 Å². The molecule has 4 nitrogen and oxygen atoms in total. The highest BCUT2D eigenvalue weighted by atomic mass is 127. The number of carbonyl (C=O) groups excluding carboxylic acids is 1. The number of aryl methyl sites for hydroxylation is 2. The smallest absolute Gasteiger partial charge is 0.237 e. The summed E-state index contributed by atoms with van der Waals surface area (Å²) in [5.74, 6) is -0.0499. The van der Waals surface area contributed by atoms with Gasteiger partial charge in [0.25, 0.3) is 0 Å². The SMILES string of the molecule is CCC(Sc1nc2c(cc1C#N)CCCCCC2)C(=O)Nc1ccc(I)cc1. The summed E-state index contributed by atoms with van der Waals surface area (Å²) in [4.78, 5) is 17.6. The first-order valence-electron chi connectivity index (χ1n) is 9.76. The van der Waals surface area contributed by atoms with Gasteiger partial charge in [0.1, 0.15) is 11.1 Å². The normalized spacial score (nSPS) is 14.9. The molecule has 0 saturated carbocycles. The maximum atomic E-state index is 12.8. The number of aromatic nitrogens is 1. The average Bonchev–Trinajstić information content (AvgIpc) is 2.68. The van der Waals surface area contributed by atoms with Crippen molar-refractivity contribution in [3.05, 3.63) is 50.7 Å². The number of nitrogens with one attached hydrogen (secondary N) is 1. The maximum Gasteiger partial charge on any atom is 0.237 e. The summed E-state index contributed by atoms with van der Waals surface area (Å²) in [5, 5.41) is 13.0. The lowest BCUT2D eigenvalue weighted by Gasteiger charge is -2.18. The zero-order valence-corrected chi connectivity index (χ0v) is 19.0. The van der Waals surface area contributed by atoms with Crippen molar-refractivity contribution in [2.75, 3.05) is 5.32 Å². The third-order valence-corrected chi connectivity index (χ3v) is 7.00. The highest BCUT2D eigenvalue weighted by molar-refractivity contribution is 14.1. The predicted octanol–water partition coefficient (Wildman–Crippen LogP) is 5.73. The molecule has 28 heavy (non-hydrogen) atoms. The number of amides is 1. The molecule has 0 aliphatic heterocycles. The topological polar surface area (TPSA) is 65.8 Å². The molecule has 146 valence electrons. The van der Waals surface area contributed by atoms with Crippen molar-refractivity contribution in [3.8, 4) is 6.07 Å². The molecule has 0 bridgehead atoms. The van der Waals surface area contributed by atoms with Gasteiger partial charge in [0.05, 0.1) is 10.8 Å². The number of thioether (sulfide) groups is 1. The number of anilines is 1. The summed E-state index contributed by atoms with van der Waals surface area (Å²) >= 11 is 3.65. The molecular formula is C22H24IN3OS. The van der Waals surface area contributed by atoms with Crippen LogP contribution in [0, 0.1) is 14.9 Å². The summed E-state index contributed by atoms with van der Waals surface area (Å²) in [6, 6.07) is 12.0. The Morgan fingerprint density at radius 2 is 1.96 bits per heavy atom. The Kier molecular flexibility index (Phi) is 7.74. The van der Waals surface area contributed by atoms with Crippen LogP contribution in [0.5, 0.6) is 0 Å². The van der Waals surface area contributed by atoms with Crippen molar-refractivity contribution in [2.24, 2.45) is 0 Å². The largest absolute Gasteiger partial charge is 0.325 e. The molecular weight excluding hydrogens is 481 g/mol. The van der Waals surface area contributed by atoms with Gasteiger partial charge < -0.3 is 5.32 Å². The Morgan fingerprint density at radius 1 is 1.25 bits per heavy atom. The van der Waals surface area contributed by atoms with Gasteiger partial charge in [-0.05, 0) is 90.6 Å². The molecule has 2 aromatic rings. The fourth-order valence-electron chi connectivity index (χ4n) is 3.35. The van der Waals surface area contributed by atoms with Crippen LogP contribution in [0.4, 0.5) is 5.69 Å². The summed E-state index contributed by atoms with van der Waals surface area (Å²) < 4.78 is 1.13. The molecule has 1 aliphatic carbocycles. The highest BCUT2D eigenvalue weighted by Crippen LogP contribution is 2.31. The van der Waals surface area contributed by atoms with Crippen molar-refractivity contribution in [1.82, 2.24) is 4.98 Å². The van der Waals surface area contributed by atoms with Gasteiger partial charge in [0.2, 0.25) is 5.91 Å². The van der Waals surface area contributed by atoms with E-state index in [2.05, 4.69) is 34.0 Å². The molecule has 0 spiro atoms. The van der Waals surface area contributed by atoms with Crippen LogP contribution >= 0.6 is 34.4 Å². The van der Waals surface area contributed by atoms with E-state index in [0.717, 1.165) is 40.6 Å². The molecule has 1 N–H and O–H groups in total. The minimum atomic E-state index is -0.287. The number of fused-ring (bicyclic) bond motifs is 1. The lowest BCUT2D eigenvalue weighted by Crippen LogP contribution is -2.25. The summed E-state index contributed by atoms with van der Waals surface area (Å²) in [6.45, 7) is 1.99. The van der Waals surface area contributed by atoms with Crippen molar-refractivity contribution in [2.45, 2.75) is 62.1 Å². The summed E-state index contributed by atoms with van der Waals surface area (Å²) in [7, 11) is 0. The number of hydrogen-bond acceptors (Lipinski definition) is 4.